The SMILES string of the molecule is C=COC1CCC2C3CCC(C3)C2C1. The standard InChI is InChI=1S/C13H20O/c1-2-14-11-5-6-12-9-3-4-10(7-9)13(12)8-11/h2,9-13H,1,3-8H2. The molecule has 0 heterocycles. The van der Waals surface area contributed by atoms with Gasteiger partial charge in [-0.05, 0) is 62.2 Å². The number of hydrogen-bond acceptors (Lipinski definition) is 1. The van der Waals surface area contributed by atoms with Crippen LogP contribution in [-0.2, 0) is 4.74 Å². The molecule has 0 aromatic carbocycles. The zero-order valence-corrected chi connectivity index (χ0v) is 8.82. The van der Waals surface area contributed by atoms with Crippen molar-refractivity contribution < 1.29 is 4.74 Å². The van der Waals surface area contributed by atoms with Crippen LogP contribution in [0, 0.1) is 23.7 Å². The summed E-state index contributed by atoms with van der Waals surface area (Å²) < 4.78 is 5.56. The second-order valence-electron chi connectivity index (χ2n) is 5.40. The Hall–Kier alpha value is -0.460. The Morgan fingerprint density at radius 2 is 1.71 bits per heavy atom. The predicted molar refractivity (Wildman–Crippen MR) is 56.7 cm³/mol. The minimum absolute atomic E-state index is 0.494. The Balaban J connectivity index is 1.69. The van der Waals surface area contributed by atoms with Gasteiger partial charge in [-0.3, -0.25) is 0 Å². The fourth-order valence-electron chi connectivity index (χ4n) is 4.41. The minimum Gasteiger partial charge on any atom is -0.499 e. The molecule has 3 aliphatic rings. The zero-order valence-electron chi connectivity index (χ0n) is 8.82. The monoisotopic (exact) mass is 192 g/mol. The normalized spacial score (nSPS) is 50.1. The van der Waals surface area contributed by atoms with E-state index in [4.69, 9.17) is 4.74 Å². The smallest absolute Gasteiger partial charge is 0.0981 e. The van der Waals surface area contributed by atoms with E-state index in [1.165, 1.54) is 38.5 Å². The van der Waals surface area contributed by atoms with E-state index in [0.29, 0.717) is 6.10 Å². The number of rotatable bonds is 2. The van der Waals surface area contributed by atoms with Crippen LogP contribution in [0.25, 0.3) is 0 Å². The fraction of sp³-hybridized carbons (Fsp3) is 0.846. The fourth-order valence-corrected chi connectivity index (χ4v) is 4.41. The van der Waals surface area contributed by atoms with Gasteiger partial charge in [0.1, 0.15) is 0 Å². The van der Waals surface area contributed by atoms with Crippen molar-refractivity contribution in [3.63, 3.8) is 0 Å². The van der Waals surface area contributed by atoms with Gasteiger partial charge in [0.05, 0.1) is 12.4 Å². The molecule has 1 heteroatoms. The molecular weight excluding hydrogens is 172 g/mol. The summed E-state index contributed by atoms with van der Waals surface area (Å²) in [6.07, 6.45) is 10.7. The van der Waals surface area contributed by atoms with E-state index in [9.17, 15) is 0 Å². The van der Waals surface area contributed by atoms with Gasteiger partial charge < -0.3 is 4.74 Å². The quantitative estimate of drug-likeness (QED) is 0.610. The molecule has 3 aliphatic carbocycles. The molecule has 0 amide bonds. The number of hydrogen-bond donors (Lipinski definition) is 0. The molecular formula is C13H20O. The summed E-state index contributed by atoms with van der Waals surface area (Å²) in [5, 5.41) is 0. The maximum absolute atomic E-state index is 5.56. The van der Waals surface area contributed by atoms with Gasteiger partial charge in [0.15, 0.2) is 0 Å². The van der Waals surface area contributed by atoms with Crippen LogP contribution >= 0.6 is 0 Å². The summed E-state index contributed by atoms with van der Waals surface area (Å²) >= 11 is 0. The highest BCUT2D eigenvalue weighted by Crippen LogP contribution is 2.57. The first kappa shape index (κ1) is 8.82. The van der Waals surface area contributed by atoms with Gasteiger partial charge in [0.2, 0.25) is 0 Å². The average Bonchev–Trinajstić information content (AvgIpc) is 2.78. The highest BCUT2D eigenvalue weighted by atomic mass is 16.5. The molecule has 0 aromatic heterocycles. The maximum Gasteiger partial charge on any atom is 0.0981 e. The second kappa shape index (κ2) is 3.29. The lowest BCUT2D eigenvalue weighted by Gasteiger charge is -2.38. The molecule has 1 nitrogen and oxygen atoms in total. The van der Waals surface area contributed by atoms with Crippen molar-refractivity contribution in [2.45, 2.75) is 44.6 Å². The van der Waals surface area contributed by atoms with Crippen molar-refractivity contribution in [1.29, 1.82) is 0 Å². The first-order valence-electron chi connectivity index (χ1n) is 6.15. The first-order valence-corrected chi connectivity index (χ1v) is 6.15. The van der Waals surface area contributed by atoms with Crippen molar-refractivity contribution in [1.82, 2.24) is 0 Å². The molecule has 14 heavy (non-hydrogen) atoms. The Bertz CT molecular complexity index is 235. The predicted octanol–water partition coefficient (Wildman–Crippen LogP) is 3.36. The molecule has 78 valence electrons. The Kier molecular flexibility index (Phi) is 2.07. The molecule has 0 aliphatic heterocycles. The van der Waals surface area contributed by atoms with Gasteiger partial charge >= 0.3 is 0 Å². The molecule has 3 rings (SSSR count). The number of fused-ring (bicyclic) bond motifs is 5. The van der Waals surface area contributed by atoms with Gasteiger partial charge in [-0.1, -0.05) is 6.58 Å². The van der Waals surface area contributed by atoms with Crippen LogP contribution in [0.4, 0.5) is 0 Å². The molecule has 5 atom stereocenters. The number of ether oxygens (including phenoxy) is 1. The highest BCUT2D eigenvalue weighted by Gasteiger charge is 2.49. The minimum atomic E-state index is 0.494. The van der Waals surface area contributed by atoms with Crippen LogP contribution < -0.4 is 0 Å². The van der Waals surface area contributed by atoms with Crippen LogP contribution in [0.5, 0.6) is 0 Å². The third kappa shape index (κ3) is 1.21. The van der Waals surface area contributed by atoms with Crippen LogP contribution in [-0.4, -0.2) is 6.10 Å². The van der Waals surface area contributed by atoms with E-state index in [2.05, 4.69) is 6.58 Å². The van der Waals surface area contributed by atoms with Gasteiger partial charge in [-0.15, -0.1) is 0 Å². The third-order valence-corrected chi connectivity index (χ3v) is 4.92. The van der Waals surface area contributed by atoms with Crippen molar-refractivity contribution in [2.24, 2.45) is 23.7 Å². The zero-order chi connectivity index (χ0) is 9.54. The average molecular weight is 192 g/mol. The maximum atomic E-state index is 5.56. The van der Waals surface area contributed by atoms with Gasteiger partial charge in [0.25, 0.3) is 0 Å². The highest BCUT2D eigenvalue weighted by molar-refractivity contribution is 4.99. The van der Waals surface area contributed by atoms with E-state index in [0.717, 1.165) is 23.7 Å². The van der Waals surface area contributed by atoms with Crippen molar-refractivity contribution >= 4 is 0 Å². The molecule has 3 fully saturated rings. The van der Waals surface area contributed by atoms with Crippen LogP contribution in [0.15, 0.2) is 12.8 Å². The van der Waals surface area contributed by atoms with E-state index in [1.54, 1.807) is 6.26 Å². The topological polar surface area (TPSA) is 9.23 Å². The van der Waals surface area contributed by atoms with E-state index in [-0.39, 0.29) is 0 Å². The lowest BCUT2D eigenvalue weighted by Crippen LogP contribution is -2.32. The molecule has 0 aromatic rings. The van der Waals surface area contributed by atoms with Gasteiger partial charge in [-0.25, -0.2) is 0 Å². The van der Waals surface area contributed by atoms with E-state index in [1.807, 2.05) is 0 Å². The van der Waals surface area contributed by atoms with Crippen LogP contribution in [0.3, 0.4) is 0 Å². The largest absolute Gasteiger partial charge is 0.499 e. The summed E-state index contributed by atoms with van der Waals surface area (Å²) in [4.78, 5) is 0. The third-order valence-electron chi connectivity index (χ3n) is 4.92. The van der Waals surface area contributed by atoms with Crippen LogP contribution in [0.1, 0.15) is 38.5 Å². The summed E-state index contributed by atoms with van der Waals surface area (Å²) in [5.41, 5.74) is 0. The molecule has 0 N–H and O–H groups in total. The molecule has 0 radical (unpaired) electrons. The molecule has 5 unspecified atom stereocenters. The van der Waals surface area contributed by atoms with E-state index < -0.39 is 0 Å². The Morgan fingerprint density at radius 1 is 0.929 bits per heavy atom. The van der Waals surface area contributed by atoms with Crippen molar-refractivity contribution in [2.75, 3.05) is 0 Å². The molecule has 2 bridgehead atoms. The summed E-state index contributed by atoms with van der Waals surface area (Å²) in [7, 11) is 0. The van der Waals surface area contributed by atoms with E-state index >= 15 is 0 Å². The van der Waals surface area contributed by atoms with Gasteiger partial charge in [-0.2, -0.15) is 0 Å². The lowest BCUT2D eigenvalue weighted by molar-refractivity contribution is 0.0329. The van der Waals surface area contributed by atoms with Crippen LogP contribution in [0.2, 0.25) is 0 Å². The molecule has 0 spiro atoms. The van der Waals surface area contributed by atoms with Gasteiger partial charge in [0, 0.05) is 0 Å². The summed E-state index contributed by atoms with van der Waals surface area (Å²) in [6, 6.07) is 0. The Morgan fingerprint density at radius 3 is 2.50 bits per heavy atom. The lowest BCUT2D eigenvalue weighted by atomic mass is 9.70. The van der Waals surface area contributed by atoms with Crippen molar-refractivity contribution in [3.05, 3.63) is 12.8 Å². The second-order valence-corrected chi connectivity index (χ2v) is 5.40. The molecule has 0 saturated heterocycles. The first-order chi connectivity index (χ1) is 6.88. The Labute approximate surface area is 86.5 Å². The molecule has 3 saturated carbocycles. The summed E-state index contributed by atoms with van der Waals surface area (Å²) in [6.45, 7) is 3.67. The van der Waals surface area contributed by atoms with Crippen molar-refractivity contribution in [3.8, 4) is 0 Å². The summed E-state index contributed by atoms with van der Waals surface area (Å²) in [5.74, 6) is 4.22.